The van der Waals surface area contributed by atoms with Crippen LogP contribution in [0.25, 0.3) is 0 Å². The van der Waals surface area contributed by atoms with E-state index < -0.39 is 31.2 Å². The first-order valence-electron chi connectivity index (χ1n) is 2.06. The van der Waals surface area contributed by atoms with Crippen LogP contribution in [0.2, 0.25) is 0 Å². The van der Waals surface area contributed by atoms with Crippen molar-refractivity contribution in [3.8, 4) is 0 Å². The van der Waals surface area contributed by atoms with Gasteiger partial charge in [0.2, 0.25) is 0 Å². The van der Waals surface area contributed by atoms with Gasteiger partial charge in [0, 0.05) is 10.4 Å². The molecule has 0 aliphatic rings. The molecule has 0 atom stereocenters. The average Bonchev–Trinajstić information content (AvgIpc) is 1.41. The molecule has 0 aromatic carbocycles. The van der Waals surface area contributed by atoms with Crippen molar-refractivity contribution >= 4 is 31.2 Å². The quantitative estimate of drug-likeness (QED) is 0.198. The van der Waals surface area contributed by atoms with Crippen LogP contribution in [-0.2, 0) is 50.7 Å². The summed E-state index contributed by atoms with van der Waals surface area (Å²) < 4.78 is 97.2. The van der Waals surface area contributed by atoms with E-state index >= 15 is 0 Å². The van der Waals surface area contributed by atoms with Crippen LogP contribution in [-0.4, -0.2) is 52.6 Å². The molecule has 0 aromatic heterocycles. The molecular weight excluding hydrogens is 354 g/mol. The minimum atomic E-state index is -5.17. The van der Waals surface area contributed by atoms with E-state index in [9.17, 15) is 0 Å². The van der Waals surface area contributed by atoms with Crippen LogP contribution in [0.1, 0.15) is 0 Å². The van der Waals surface area contributed by atoms with Gasteiger partial charge in [0.25, 0.3) is 0 Å². The Hall–Kier alpha value is 0.233. The summed E-state index contributed by atoms with van der Waals surface area (Å²) in [6.45, 7) is 0. The molecule has 4 N–H and O–H groups in total. The summed E-state index contributed by atoms with van der Waals surface area (Å²) in [5.41, 5.74) is 0. The number of rotatable bonds is 0. The standard InChI is InChI=1S/3H2O4S.Zn/c3*1-5(2,3)4;/h3*(H2,1,2,3,4);/q;;;+2/p-2. The molecule has 96 valence electrons. The van der Waals surface area contributed by atoms with Crippen LogP contribution < -0.4 is 0 Å². The Kier molecular flexibility index (Phi) is 14.6. The molecular formula is H4O12S3Zn. The molecule has 0 heterocycles. The summed E-state index contributed by atoms with van der Waals surface area (Å²) in [7, 11) is -14.5. The Morgan fingerprint density at radius 3 is 0.625 bits per heavy atom. The van der Waals surface area contributed by atoms with Gasteiger partial charge in [-0.1, -0.05) is 0 Å². The molecule has 0 fully saturated rings. The predicted octanol–water partition coefficient (Wildman–Crippen LogP) is -2.65. The third kappa shape index (κ3) is 45800. The zero-order chi connectivity index (χ0) is 13.5. The van der Waals surface area contributed by atoms with Gasteiger partial charge in [-0.2, -0.15) is 16.8 Å². The maximum absolute atomic E-state index is 8.74. The van der Waals surface area contributed by atoms with Gasteiger partial charge in [-0.15, -0.1) is 0 Å². The van der Waals surface area contributed by atoms with Crippen molar-refractivity contribution in [1.29, 1.82) is 0 Å². The SMILES string of the molecule is O=S(=O)(O)O.O=S(=O)(O)O.O=S(=O)([O-])[O-].[Zn+2]. The molecule has 0 aliphatic heterocycles. The van der Waals surface area contributed by atoms with Gasteiger partial charge in [0.15, 0.2) is 0 Å². The topological polar surface area (TPSA) is 229 Å². The first-order valence-corrected chi connectivity index (χ1v) is 6.19. The third-order valence-corrected chi connectivity index (χ3v) is 0. The third-order valence-electron chi connectivity index (χ3n) is 0. The molecule has 0 bridgehead atoms. The largest absolute Gasteiger partial charge is 2.00 e. The van der Waals surface area contributed by atoms with E-state index in [1.54, 1.807) is 0 Å². The smallest absolute Gasteiger partial charge is 0.759 e. The molecule has 0 spiro atoms. The zero-order valence-corrected chi connectivity index (χ0v) is 12.4. The van der Waals surface area contributed by atoms with Crippen LogP contribution in [0.5, 0.6) is 0 Å². The first kappa shape index (κ1) is 25.2. The van der Waals surface area contributed by atoms with Crippen molar-refractivity contribution in [2.45, 2.75) is 0 Å². The van der Waals surface area contributed by atoms with E-state index in [2.05, 4.69) is 0 Å². The van der Waals surface area contributed by atoms with E-state index in [4.69, 9.17) is 52.6 Å². The van der Waals surface area contributed by atoms with Gasteiger partial charge in [-0.05, 0) is 0 Å². The van der Waals surface area contributed by atoms with Crippen molar-refractivity contribution in [2.24, 2.45) is 0 Å². The molecule has 16 heavy (non-hydrogen) atoms. The molecule has 0 aliphatic carbocycles. The predicted molar refractivity (Wildman–Crippen MR) is 38.8 cm³/mol. The summed E-state index contributed by atoms with van der Waals surface area (Å²) in [4.78, 5) is 0. The second kappa shape index (κ2) is 9.28. The maximum Gasteiger partial charge on any atom is 2.00 e. The second-order valence-electron chi connectivity index (χ2n) is 1.30. The Bertz CT molecular complexity index is 337. The fourth-order valence-corrected chi connectivity index (χ4v) is 0. The van der Waals surface area contributed by atoms with Gasteiger partial charge in [-0.3, -0.25) is 26.6 Å². The van der Waals surface area contributed by atoms with Crippen molar-refractivity contribution in [3.63, 3.8) is 0 Å². The van der Waals surface area contributed by atoms with Crippen molar-refractivity contribution in [1.82, 2.24) is 0 Å². The molecule has 0 aromatic rings. The normalized spacial score (nSPS) is 10.9. The molecule has 0 radical (unpaired) electrons. The summed E-state index contributed by atoms with van der Waals surface area (Å²) >= 11 is 0. The maximum atomic E-state index is 8.74. The number of hydrogen-bond acceptors (Lipinski definition) is 8. The molecule has 12 nitrogen and oxygen atoms in total. The van der Waals surface area contributed by atoms with Crippen LogP contribution in [0, 0.1) is 0 Å². The Morgan fingerprint density at radius 2 is 0.625 bits per heavy atom. The van der Waals surface area contributed by atoms with Crippen molar-refractivity contribution in [3.05, 3.63) is 0 Å². The minimum Gasteiger partial charge on any atom is -0.759 e. The summed E-state index contributed by atoms with van der Waals surface area (Å²) in [5, 5.41) is 0. The first-order chi connectivity index (χ1) is 6.00. The molecule has 0 saturated heterocycles. The van der Waals surface area contributed by atoms with E-state index in [0.29, 0.717) is 0 Å². The van der Waals surface area contributed by atoms with E-state index in [1.807, 2.05) is 0 Å². The van der Waals surface area contributed by atoms with Gasteiger partial charge in [0.05, 0.1) is 0 Å². The fourth-order valence-electron chi connectivity index (χ4n) is 0. The van der Waals surface area contributed by atoms with Gasteiger partial charge < -0.3 is 9.11 Å². The average molecular weight is 358 g/mol. The molecule has 16 heteroatoms. The van der Waals surface area contributed by atoms with E-state index in [-0.39, 0.29) is 19.5 Å². The monoisotopic (exact) mass is 356 g/mol. The Balaban J connectivity index is -0.0000000655. The van der Waals surface area contributed by atoms with Gasteiger partial charge in [0.1, 0.15) is 0 Å². The number of hydrogen-bond donors (Lipinski definition) is 4. The minimum absolute atomic E-state index is 0. The Morgan fingerprint density at radius 1 is 0.625 bits per heavy atom. The van der Waals surface area contributed by atoms with Crippen LogP contribution in [0.4, 0.5) is 0 Å². The molecule has 0 saturated carbocycles. The van der Waals surface area contributed by atoms with Crippen molar-refractivity contribution < 1.29 is 72.0 Å². The molecule has 0 rings (SSSR count). The Labute approximate surface area is 103 Å². The van der Waals surface area contributed by atoms with Crippen LogP contribution in [0.3, 0.4) is 0 Å². The van der Waals surface area contributed by atoms with Crippen molar-refractivity contribution in [2.75, 3.05) is 0 Å². The molecule has 0 unspecified atom stereocenters. The zero-order valence-electron chi connectivity index (χ0n) is 6.99. The van der Waals surface area contributed by atoms with E-state index in [1.165, 1.54) is 0 Å². The van der Waals surface area contributed by atoms with Crippen LogP contribution >= 0.6 is 0 Å². The molecule has 0 amide bonds. The fraction of sp³-hybridized carbons (Fsp3) is 0. The van der Waals surface area contributed by atoms with E-state index in [0.717, 1.165) is 0 Å². The summed E-state index contributed by atoms with van der Waals surface area (Å²) in [6.07, 6.45) is 0. The summed E-state index contributed by atoms with van der Waals surface area (Å²) in [6, 6.07) is 0. The van der Waals surface area contributed by atoms with Gasteiger partial charge in [-0.25, -0.2) is 0 Å². The van der Waals surface area contributed by atoms with Gasteiger partial charge >= 0.3 is 40.3 Å². The second-order valence-corrected chi connectivity index (χ2v) is 3.91. The van der Waals surface area contributed by atoms with Crippen LogP contribution in [0.15, 0.2) is 0 Å². The summed E-state index contributed by atoms with van der Waals surface area (Å²) in [5.74, 6) is 0.